The molecule has 1 aromatic heterocycles. The first-order chi connectivity index (χ1) is 3.80. The number of hydrogen-bond donors (Lipinski definition) is 2. The second-order valence-electron chi connectivity index (χ2n) is 1.39. The standard InChI is InChI=1S/C5H6N2S/c6-5(7)4-2-1-3-8-4/h1-3H,(H3,6,7). The monoisotopic (exact) mass is 126 g/mol. The Morgan fingerprint density at radius 1 is 1.75 bits per heavy atom. The van der Waals surface area contributed by atoms with Crippen LogP contribution < -0.4 is 5.73 Å². The van der Waals surface area contributed by atoms with E-state index in [0.29, 0.717) is 0 Å². The van der Waals surface area contributed by atoms with Gasteiger partial charge in [-0.05, 0) is 11.4 Å². The Kier molecular flexibility index (Phi) is 1.30. The summed E-state index contributed by atoms with van der Waals surface area (Å²) in [4.78, 5) is 0.838. The van der Waals surface area contributed by atoms with Crippen LogP contribution in [0, 0.1) is 5.41 Å². The van der Waals surface area contributed by atoms with Gasteiger partial charge in [-0.15, -0.1) is 11.3 Å². The minimum absolute atomic E-state index is 0.153. The second-order valence-corrected chi connectivity index (χ2v) is 2.34. The van der Waals surface area contributed by atoms with Crippen LogP contribution in [0.4, 0.5) is 0 Å². The third-order valence-electron chi connectivity index (χ3n) is 0.787. The molecule has 0 unspecified atom stereocenters. The van der Waals surface area contributed by atoms with E-state index < -0.39 is 0 Å². The van der Waals surface area contributed by atoms with Gasteiger partial charge < -0.3 is 5.73 Å². The molecule has 0 fully saturated rings. The van der Waals surface area contributed by atoms with Gasteiger partial charge in [-0.25, -0.2) is 0 Å². The van der Waals surface area contributed by atoms with E-state index in [2.05, 4.69) is 0 Å². The molecule has 0 atom stereocenters. The Balaban J connectivity index is 2.93. The van der Waals surface area contributed by atoms with E-state index in [-0.39, 0.29) is 5.84 Å². The molecule has 0 spiro atoms. The van der Waals surface area contributed by atoms with Gasteiger partial charge in [0.05, 0.1) is 4.88 Å². The van der Waals surface area contributed by atoms with E-state index in [1.807, 2.05) is 17.5 Å². The molecule has 8 heavy (non-hydrogen) atoms. The van der Waals surface area contributed by atoms with Crippen LogP contribution in [0.25, 0.3) is 0 Å². The Morgan fingerprint density at radius 2 is 2.50 bits per heavy atom. The highest BCUT2D eigenvalue weighted by Crippen LogP contribution is 2.05. The maximum Gasteiger partial charge on any atom is 0.133 e. The van der Waals surface area contributed by atoms with Crippen LogP contribution in [0.15, 0.2) is 17.5 Å². The molecule has 3 N–H and O–H groups in total. The van der Waals surface area contributed by atoms with Gasteiger partial charge in [-0.2, -0.15) is 0 Å². The van der Waals surface area contributed by atoms with Crippen molar-refractivity contribution in [1.29, 1.82) is 5.41 Å². The molecule has 1 heterocycles. The van der Waals surface area contributed by atoms with Gasteiger partial charge >= 0.3 is 0 Å². The fourth-order valence-corrected chi connectivity index (χ4v) is 1.02. The fraction of sp³-hybridized carbons (Fsp3) is 0. The van der Waals surface area contributed by atoms with E-state index in [4.69, 9.17) is 11.1 Å². The van der Waals surface area contributed by atoms with Crippen molar-refractivity contribution < 1.29 is 0 Å². The maximum absolute atomic E-state index is 6.94. The quantitative estimate of drug-likeness (QED) is 0.428. The van der Waals surface area contributed by atoms with E-state index in [1.165, 1.54) is 11.3 Å². The molecular weight excluding hydrogens is 120 g/mol. The minimum atomic E-state index is 0.153. The van der Waals surface area contributed by atoms with E-state index in [9.17, 15) is 0 Å². The summed E-state index contributed by atoms with van der Waals surface area (Å²) in [6, 6.07) is 3.70. The van der Waals surface area contributed by atoms with Crippen molar-refractivity contribution in [1.82, 2.24) is 0 Å². The molecule has 0 radical (unpaired) electrons. The highest BCUT2D eigenvalue weighted by molar-refractivity contribution is 7.12. The number of nitrogens with two attached hydrogens (primary N) is 1. The van der Waals surface area contributed by atoms with Gasteiger partial charge in [-0.1, -0.05) is 6.07 Å². The van der Waals surface area contributed by atoms with Crippen molar-refractivity contribution in [2.24, 2.45) is 5.73 Å². The van der Waals surface area contributed by atoms with Gasteiger partial charge in [0.2, 0.25) is 0 Å². The topological polar surface area (TPSA) is 49.9 Å². The van der Waals surface area contributed by atoms with Crippen LogP contribution in [0.5, 0.6) is 0 Å². The number of rotatable bonds is 1. The first-order valence-electron chi connectivity index (χ1n) is 2.18. The zero-order chi connectivity index (χ0) is 5.98. The number of thiophene rings is 1. The third-order valence-corrected chi connectivity index (χ3v) is 1.69. The number of amidine groups is 1. The lowest BCUT2D eigenvalue weighted by atomic mass is 10.4. The molecule has 1 aromatic rings. The zero-order valence-corrected chi connectivity index (χ0v) is 5.03. The third kappa shape index (κ3) is 0.869. The molecule has 0 saturated heterocycles. The van der Waals surface area contributed by atoms with Crippen molar-refractivity contribution in [3.63, 3.8) is 0 Å². The molecular formula is C5H6N2S. The van der Waals surface area contributed by atoms with Crippen molar-refractivity contribution >= 4 is 17.2 Å². The summed E-state index contributed by atoms with van der Waals surface area (Å²) in [6.45, 7) is 0. The highest BCUT2D eigenvalue weighted by atomic mass is 32.1. The molecule has 0 bridgehead atoms. The summed E-state index contributed by atoms with van der Waals surface area (Å²) >= 11 is 1.48. The molecule has 0 aliphatic carbocycles. The predicted molar refractivity (Wildman–Crippen MR) is 35.3 cm³/mol. The van der Waals surface area contributed by atoms with Crippen molar-refractivity contribution in [3.8, 4) is 0 Å². The van der Waals surface area contributed by atoms with Gasteiger partial charge in [0.25, 0.3) is 0 Å². The first-order valence-corrected chi connectivity index (χ1v) is 3.06. The average Bonchev–Trinajstić information content (AvgIpc) is 2.12. The van der Waals surface area contributed by atoms with Crippen LogP contribution >= 0.6 is 11.3 Å². The number of nitrogens with one attached hydrogen (secondary N) is 1. The number of nitrogen functional groups attached to an aromatic ring is 1. The largest absolute Gasteiger partial charge is 0.383 e. The summed E-state index contributed by atoms with van der Waals surface area (Å²) in [7, 11) is 0. The Bertz CT molecular complexity index is 178. The van der Waals surface area contributed by atoms with Gasteiger partial charge in [0.15, 0.2) is 0 Å². The van der Waals surface area contributed by atoms with Crippen LogP contribution in [0.1, 0.15) is 4.88 Å². The lowest BCUT2D eigenvalue weighted by Gasteiger charge is -1.84. The van der Waals surface area contributed by atoms with E-state index in [1.54, 1.807) is 0 Å². The molecule has 1 rings (SSSR count). The van der Waals surface area contributed by atoms with Crippen LogP contribution in [-0.4, -0.2) is 5.84 Å². The van der Waals surface area contributed by atoms with E-state index >= 15 is 0 Å². The fourth-order valence-electron chi connectivity index (χ4n) is 0.432. The SMILES string of the molecule is N=C(N)c1cccs1. The Morgan fingerprint density at radius 3 is 2.75 bits per heavy atom. The van der Waals surface area contributed by atoms with Crippen LogP contribution in [0.2, 0.25) is 0 Å². The molecule has 0 amide bonds. The smallest absolute Gasteiger partial charge is 0.133 e. The molecule has 3 heteroatoms. The summed E-state index contributed by atoms with van der Waals surface area (Å²) in [5.41, 5.74) is 5.15. The van der Waals surface area contributed by atoms with Gasteiger partial charge in [0.1, 0.15) is 5.84 Å². The minimum Gasteiger partial charge on any atom is -0.383 e. The zero-order valence-electron chi connectivity index (χ0n) is 4.22. The average molecular weight is 126 g/mol. The lowest BCUT2D eigenvalue weighted by molar-refractivity contribution is 1.45. The highest BCUT2D eigenvalue weighted by Gasteiger charge is 1.92. The molecule has 0 aliphatic rings. The lowest BCUT2D eigenvalue weighted by Crippen LogP contribution is -2.08. The molecule has 42 valence electrons. The molecule has 0 aromatic carbocycles. The summed E-state index contributed by atoms with van der Waals surface area (Å²) in [6.07, 6.45) is 0. The van der Waals surface area contributed by atoms with Gasteiger partial charge in [-0.3, -0.25) is 5.41 Å². The predicted octanol–water partition coefficient (Wildman–Crippen LogP) is 1.03. The second kappa shape index (κ2) is 1.96. The van der Waals surface area contributed by atoms with Crippen LogP contribution in [-0.2, 0) is 0 Å². The first kappa shape index (κ1) is 5.31. The Labute approximate surface area is 51.5 Å². The summed E-state index contributed by atoms with van der Waals surface area (Å²) in [5, 5.41) is 8.84. The van der Waals surface area contributed by atoms with Crippen molar-refractivity contribution in [3.05, 3.63) is 22.4 Å². The van der Waals surface area contributed by atoms with Crippen molar-refractivity contribution in [2.45, 2.75) is 0 Å². The normalized spacial score (nSPS) is 9.00. The maximum atomic E-state index is 6.94. The molecule has 2 nitrogen and oxygen atoms in total. The molecule has 0 saturated carbocycles. The molecule has 0 aliphatic heterocycles. The summed E-state index contributed by atoms with van der Waals surface area (Å²) in [5.74, 6) is 0.153. The number of hydrogen-bond acceptors (Lipinski definition) is 2. The van der Waals surface area contributed by atoms with E-state index in [0.717, 1.165) is 4.88 Å². The van der Waals surface area contributed by atoms with Crippen molar-refractivity contribution in [2.75, 3.05) is 0 Å². The Hall–Kier alpha value is -0.830. The van der Waals surface area contributed by atoms with Crippen LogP contribution in [0.3, 0.4) is 0 Å². The summed E-state index contributed by atoms with van der Waals surface area (Å²) < 4.78 is 0. The van der Waals surface area contributed by atoms with Gasteiger partial charge in [0, 0.05) is 0 Å².